The molecule has 0 radical (unpaired) electrons. The number of ether oxygens (including phenoxy) is 2. The molecule has 2 rings (SSSR count). The molecule has 0 N–H and O–H groups in total. The van der Waals surface area contributed by atoms with Crippen LogP contribution < -0.4 is 4.74 Å². The number of aryl methyl sites for hydroxylation is 2. The van der Waals surface area contributed by atoms with E-state index in [1.54, 1.807) is 19.1 Å². The highest BCUT2D eigenvalue weighted by Crippen LogP contribution is 2.34. The highest BCUT2D eigenvalue weighted by Gasteiger charge is 2.32. The van der Waals surface area contributed by atoms with E-state index < -0.39 is 0 Å². The summed E-state index contributed by atoms with van der Waals surface area (Å²) in [5, 5.41) is 10.9. The van der Waals surface area contributed by atoms with Crippen LogP contribution in [0, 0.1) is 29.4 Å². The number of benzene rings is 1. The van der Waals surface area contributed by atoms with Gasteiger partial charge in [0, 0.05) is 30.3 Å². The summed E-state index contributed by atoms with van der Waals surface area (Å²) in [6.07, 6.45) is 1.86. The van der Waals surface area contributed by atoms with Gasteiger partial charge in [0.1, 0.15) is 5.75 Å². The van der Waals surface area contributed by atoms with Crippen molar-refractivity contribution in [2.75, 3.05) is 25.6 Å². The Morgan fingerprint density at radius 3 is 2.57 bits per heavy atom. The van der Waals surface area contributed by atoms with Gasteiger partial charge in [0.2, 0.25) is 0 Å². The molecule has 0 aromatic heterocycles. The number of thiol groups is 1. The molecule has 6 heteroatoms. The predicted octanol–water partition coefficient (Wildman–Crippen LogP) is 3.32. The lowest BCUT2D eigenvalue weighted by Gasteiger charge is -2.35. The Balaban J connectivity index is 2.12. The van der Waals surface area contributed by atoms with Crippen molar-refractivity contribution in [3.05, 3.63) is 33.4 Å². The fourth-order valence-corrected chi connectivity index (χ4v) is 2.92. The van der Waals surface area contributed by atoms with Crippen LogP contribution in [0.3, 0.4) is 0 Å². The normalized spacial score (nSPS) is 17.5. The quantitative estimate of drug-likeness (QED) is 0.515. The highest BCUT2D eigenvalue weighted by molar-refractivity contribution is 7.80. The number of hydrogen-bond acceptors (Lipinski definition) is 5. The van der Waals surface area contributed by atoms with E-state index in [0.717, 1.165) is 37.4 Å². The molecular formula is C15H21NO4S. The SMILES string of the molecule is Cc1cc([N+](=O)[O-])c(C)cc1OCC1(CS)CCOCC1. The maximum atomic E-state index is 10.9. The van der Waals surface area contributed by atoms with Crippen LogP contribution in [0.15, 0.2) is 12.1 Å². The first kappa shape index (κ1) is 16.1. The second kappa shape index (κ2) is 6.66. The summed E-state index contributed by atoms with van der Waals surface area (Å²) in [4.78, 5) is 10.6. The average Bonchev–Trinajstić information content (AvgIpc) is 2.48. The Morgan fingerprint density at radius 1 is 1.33 bits per heavy atom. The van der Waals surface area contributed by atoms with E-state index in [1.165, 1.54) is 0 Å². The van der Waals surface area contributed by atoms with Gasteiger partial charge in [-0.25, -0.2) is 0 Å². The fraction of sp³-hybridized carbons (Fsp3) is 0.600. The van der Waals surface area contributed by atoms with Crippen LogP contribution in [0.25, 0.3) is 0 Å². The van der Waals surface area contributed by atoms with E-state index in [1.807, 2.05) is 6.92 Å². The number of nitro groups is 1. The molecule has 1 fully saturated rings. The summed E-state index contributed by atoms with van der Waals surface area (Å²) in [6, 6.07) is 3.32. The van der Waals surface area contributed by atoms with Gasteiger partial charge in [-0.15, -0.1) is 0 Å². The average molecular weight is 311 g/mol. The third-order valence-electron chi connectivity index (χ3n) is 4.11. The van der Waals surface area contributed by atoms with Crippen LogP contribution in [0.2, 0.25) is 0 Å². The van der Waals surface area contributed by atoms with Gasteiger partial charge in [-0.2, -0.15) is 12.6 Å². The molecule has 0 amide bonds. The molecule has 5 nitrogen and oxygen atoms in total. The van der Waals surface area contributed by atoms with Gasteiger partial charge in [0.15, 0.2) is 0 Å². The van der Waals surface area contributed by atoms with Gasteiger partial charge < -0.3 is 9.47 Å². The van der Waals surface area contributed by atoms with Crippen LogP contribution >= 0.6 is 12.6 Å². The first-order chi connectivity index (χ1) is 9.97. The maximum absolute atomic E-state index is 10.9. The number of rotatable bonds is 5. The van der Waals surface area contributed by atoms with E-state index in [2.05, 4.69) is 12.6 Å². The first-order valence-electron chi connectivity index (χ1n) is 7.04. The molecular weight excluding hydrogens is 290 g/mol. The Kier molecular flexibility index (Phi) is 5.11. The van der Waals surface area contributed by atoms with Crippen LogP contribution in [-0.4, -0.2) is 30.5 Å². The van der Waals surface area contributed by atoms with E-state index in [4.69, 9.17) is 9.47 Å². The minimum Gasteiger partial charge on any atom is -0.493 e. The number of nitrogens with zero attached hydrogens (tertiary/aromatic N) is 1. The van der Waals surface area contributed by atoms with Crippen molar-refractivity contribution in [3.63, 3.8) is 0 Å². The molecule has 1 heterocycles. The van der Waals surface area contributed by atoms with Crippen molar-refractivity contribution >= 4 is 18.3 Å². The number of nitro benzene ring substituents is 1. The molecule has 1 aromatic carbocycles. The molecule has 21 heavy (non-hydrogen) atoms. The van der Waals surface area contributed by atoms with E-state index in [0.29, 0.717) is 17.9 Å². The summed E-state index contributed by atoms with van der Waals surface area (Å²) in [6.45, 7) is 5.61. The molecule has 0 aliphatic carbocycles. The van der Waals surface area contributed by atoms with Crippen molar-refractivity contribution in [1.29, 1.82) is 0 Å². The molecule has 0 spiro atoms. The minimum absolute atomic E-state index is 0.0312. The van der Waals surface area contributed by atoms with Gasteiger partial charge >= 0.3 is 0 Å². The molecule has 0 bridgehead atoms. The smallest absolute Gasteiger partial charge is 0.272 e. The van der Waals surface area contributed by atoms with Crippen molar-refractivity contribution in [2.45, 2.75) is 26.7 Å². The summed E-state index contributed by atoms with van der Waals surface area (Å²) < 4.78 is 11.4. The van der Waals surface area contributed by atoms with Gasteiger partial charge in [0.25, 0.3) is 5.69 Å². The van der Waals surface area contributed by atoms with Gasteiger partial charge in [-0.1, -0.05) is 0 Å². The van der Waals surface area contributed by atoms with Crippen LogP contribution in [0.1, 0.15) is 24.0 Å². The second-order valence-electron chi connectivity index (χ2n) is 5.72. The van der Waals surface area contributed by atoms with E-state index in [-0.39, 0.29) is 16.0 Å². The topological polar surface area (TPSA) is 61.6 Å². The zero-order valence-corrected chi connectivity index (χ0v) is 13.3. The van der Waals surface area contributed by atoms with Crippen LogP contribution in [0.4, 0.5) is 5.69 Å². The second-order valence-corrected chi connectivity index (χ2v) is 6.04. The summed E-state index contributed by atoms with van der Waals surface area (Å²) in [5.74, 6) is 1.47. The zero-order valence-electron chi connectivity index (χ0n) is 12.4. The van der Waals surface area contributed by atoms with Gasteiger partial charge in [-0.3, -0.25) is 10.1 Å². The van der Waals surface area contributed by atoms with Crippen LogP contribution in [0.5, 0.6) is 5.75 Å². The van der Waals surface area contributed by atoms with Crippen molar-refractivity contribution in [3.8, 4) is 5.75 Å². The summed E-state index contributed by atoms with van der Waals surface area (Å²) in [5.41, 5.74) is 1.57. The predicted molar refractivity (Wildman–Crippen MR) is 84.4 cm³/mol. The van der Waals surface area contributed by atoms with E-state index >= 15 is 0 Å². The van der Waals surface area contributed by atoms with Crippen molar-refractivity contribution in [1.82, 2.24) is 0 Å². The molecule has 116 valence electrons. The Labute approximate surface area is 130 Å². The molecule has 0 unspecified atom stereocenters. The molecule has 1 aliphatic rings. The van der Waals surface area contributed by atoms with Gasteiger partial charge in [0.05, 0.1) is 11.5 Å². The van der Waals surface area contributed by atoms with Crippen LogP contribution in [-0.2, 0) is 4.74 Å². The molecule has 1 aromatic rings. The summed E-state index contributed by atoms with van der Waals surface area (Å²) >= 11 is 4.46. The third kappa shape index (κ3) is 3.68. The number of hydrogen-bond donors (Lipinski definition) is 1. The fourth-order valence-electron chi connectivity index (χ4n) is 2.51. The molecule has 0 atom stereocenters. The van der Waals surface area contributed by atoms with E-state index in [9.17, 15) is 10.1 Å². The summed E-state index contributed by atoms with van der Waals surface area (Å²) in [7, 11) is 0. The highest BCUT2D eigenvalue weighted by atomic mass is 32.1. The largest absolute Gasteiger partial charge is 0.493 e. The third-order valence-corrected chi connectivity index (χ3v) is 4.78. The lowest BCUT2D eigenvalue weighted by Crippen LogP contribution is -2.37. The van der Waals surface area contributed by atoms with Crippen molar-refractivity contribution in [2.24, 2.45) is 5.41 Å². The Hall–Kier alpha value is -1.27. The lowest BCUT2D eigenvalue weighted by atomic mass is 9.83. The Morgan fingerprint density at radius 2 is 2.00 bits per heavy atom. The Bertz CT molecular complexity index is 527. The first-order valence-corrected chi connectivity index (χ1v) is 7.68. The monoisotopic (exact) mass is 311 g/mol. The maximum Gasteiger partial charge on any atom is 0.272 e. The zero-order chi connectivity index (χ0) is 15.5. The van der Waals surface area contributed by atoms with Gasteiger partial charge in [-0.05, 0) is 44.1 Å². The standard InChI is InChI=1S/C15H21NO4S/c1-11-8-14(12(2)7-13(11)16(17)18)20-9-15(10-21)3-5-19-6-4-15/h7-8,21H,3-6,9-10H2,1-2H3. The molecule has 1 saturated heterocycles. The van der Waals surface area contributed by atoms with Crippen molar-refractivity contribution < 1.29 is 14.4 Å². The molecule has 0 saturated carbocycles. The minimum atomic E-state index is -0.361. The lowest BCUT2D eigenvalue weighted by molar-refractivity contribution is -0.385. The molecule has 1 aliphatic heterocycles.